The van der Waals surface area contributed by atoms with Crippen molar-refractivity contribution in [2.45, 2.75) is 18.9 Å². The van der Waals surface area contributed by atoms with E-state index in [-0.39, 0.29) is 5.69 Å². The van der Waals surface area contributed by atoms with Crippen LogP contribution in [0.25, 0.3) is 0 Å². The SMILES string of the molecule is CNCc1ccc(NC(=O)C(C(F)(F)F)C(F)(F)F)cc1. The van der Waals surface area contributed by atoms with E-state index in [0.29, 0.717) is 6.54 Å². The molecule has 9 heteroatoms. The van der Waals surface area contributed by atoms with Gasteiger partial charge < -0.3 is 10.6 Å². The highest BCUT2D eigenvalue weighted by Gasteiger charge is 2.61. The highest BCUT2D eigenvalue weighted by molar-refractivity contribution is 5.93. The Kier molecular flexibility index (Phi) is 5.21. The average Bonchev–Trinajstić information content (AvgIpc) is 2.28. The maximum Gasteiger partial charge on any atom is 0.409 e. The van der Waals surface area contributed by atoms with Gasteiger partial charge in [0.25, 0.3) is 0 Å². The molecule has 0 fully saturated rings. The van der Waals surface area contributed by atoms with Crippen LogP contribution in [0.4, 0.5) is 32.0 Å². The van der Waals surface area contributed by atoms with Crippen LogP contribution in [0, 0.1) is 5.92 Å². The van der Waals surface area contributed by atoms with Crippen molar-refractivity contribution in [3.63, 3.8) is 0 Å². The van der Waals surface area contributed by atoms with E-state index in [2.05, 4.69) is 5.32 Å². The van der Waals surface area contributed by atoms with Crippen LogP contribution in [0.5, 0.6) is 0 Å². The van der Waals surface area contributed by atoms with Gasteiger partial charge in [0.15, 0.2) is 0 Å². The molecule has 0 bridgehead atoms. The fourth-order valence-corrected chi connectivity index (χ4v) is 1.61. The van der Waals surface area contributed by atoms with E-state index < -0.39 is 24.2 Å². The molecule has 0 unspecified atom stereocenters. The quantitative estimate of drug-likeness (QED) is 0.839. The number of nitrogens with one attached hydrogen (secondary N) is 2. The summed E-state index contributed by atoms with van der Waals surface area (Å²) in [5, 5.41) is 4.44. The predicted molar refractivity (Wildman–Crippen MR) is 63.4 cm³/mol. The Morgan fingerprint density at radius 1 is 1.05 bits per heavy atom. The van der Waals surface area contributed by atoms with Gasteiger partial charge in [0.1, 0.15) is 0 Å². The molecule has 0 spiro atoms. The molecule has 0 radical (unpaired) electrons. The molecular weight excluding hydrogens is 302 g/mol. The van der Waals surface area contributed by atoms with Gasteiger partial charge in [0, 0.05) is 12.2 Å². The Hall–Kier alpha value is -1.77. The Morgan fingerprint density at radius 2 is 1.52 bits per heavy atom. The van der Waals surface area contributed by atoms with Gasteiger partial charge in [-0.3, -0.25) is 4.79 Å². The van der Waals surface area contributed by atoms with Gasteiger partial charge in [0.05, 0.1) is 0 Å². The highest BCUT2D eigenvalue weighted by atomic mass is 19.4. The summed E-state index contributed by atoms with van der Waals surface area (Å²) in [6.45, 7) is 0.474. The lowest BCUT2D eigenvalue weighted by atomic mass is 10.1. The second-order valence-electron chi connectivity index (χ2n) is 4.23. The van der Waals surface area contributed by atoms with Crippen molar-refractivity contribution in [1.29, 1.82) is 0 Å². The van der Waals surface area contributed by atoms with Gasteiger partial charge in [-0.25, -0.2) is 0 Å². The number of hydrogen-bond donors (Lipinski definition) is 2. The smallest absolute Gasteiger partial charge is 0.325 e. The van der Waals surface area contributed by atoms with Crippen LogP contribution in [0.15, 0.2) is 24.3 Å². The van der Waals surface area contributed by atoms with Crippen LogP contribution in [0.3, 0.4) is 0 Å². The number of hydrogen-bond acceptors (Lipinski definition) is 2. The molecule has 0 saturated carbocycles. The highest BCUT2D eigenvalue weighted by Crippen LogP contribution is 2.39. The van der Waals surface area contributed by atoms with Gasteiger partial charge >= 0.3 is 12.4 Å². The number of amides is 1. The molecule has 21 heavy (non-hydrogen) atoms. The lowest BCUT2D eigenvalue weighted by Gasteiger charge is -2.22. The molecule has 3 nitrogen and oxygen atoms in total. The minimum atomic E-state index is -5.70. The van der Waals surface area contributed by atoms with E-state index in [1.807, 2.05) is 0 Å². The summed E-state index contributed by atoms with van der Waals surface area (Å²) in [5.74, 6) is -6.21. The first-order chi connectivity index (χ1) is 9.55. The number of anilines is 1. The van der Waals surface area contributed by atoms with Gasteiger partial charge in [-0.1, -0.05) is 12.1 Å². The van der Waals surface area contributed by atoms with Crippen LogP contribution in [0.1, 0.15) is 5.56 Å². The summed E-state index contributed by atoms with van der Waals surface area (Å²) in [7, 11) is 1.67. The maximum atomic E-state index is 12.3. The molecule has 1 aromatic carbocycles. The van der Waals surface area contributed by atoms with Crippen LogP contribution >= 0.6 is 0 Å². The lowest BCUT2D eigenvalue weighted by Crippen LogP contribution is -2.45. The molecule has 1 aromatic rings. The topological polar surface area (TPSA) is 41.1 Å². The van der Waals surface area contributed by atoms with Gasteiger partial charge in [-0.15, -0.1) is 0 Å². The monoisotopic (exact) mass is 314 g/mol. The predicted octanol–water partition coefficient (Wildman–Crippen LogP) is 3.09. The van der Waals surface area contributed by atoms with Crippen LogP contribution in [0.2, 0.25) is 0 Å². The number of halogens is 6. The summed E-state index contributed by atoms with van der Waals surface area (Å²) in [5.41, 5.74) is 0.622. The number of alkyl halides is 6. The third-order valence-corrected chi connectivity index (χ3v) is 2.52. The van der Waals surface area contributed by atoms with Gasteiger partial charge in [0.2, 0.25) is 11.8 Å². The Labute approximate surface area is 116 Å². The Bertz CT molecular complexity index is 466. The molecule has 118 valence electrons. The summed E-state index contributed by atoms with van der Waals surface area (Å²) in [6.07, 6.45) is -11.4. The molecular formula is C12H12F6N2O. The fraction of sp³-hybridized carbons (Fsp3) is 0.417. The van der Waals surface area contributed by atoms with Crippen LogP contribution in [-0.2, 0) is 11.3 Å². The molecule has 0 aliphatic carbocycles. The second-order valence-corrected chi connectivity index (χ2v) is 4.23. The summed E-state index contributed by atoms with van der Waals surface area (Å²) in [6, 6.07) is 5.41. The molecule has 0 heterocycles. The maximum absolute atomic E-state index is 12.3. The van der Waals surface area contributed by atoms with Gasteiger partial charge in [-0.05, 0) is 24.7 Å². The summed E-state index contributed by atoms with van der Waals surface area (Å²) < 4.78 is 74.1. The van der Waals surface area contributed by atoms with Crippen molar-refractivity contribution in [3.05, 3.63) is 29.8 Å². The van der Waals surface area contributed by atoms with E-state index in [4.69, 9.17) is 0 Å². The first kappa shape index (κ1) is 17.3. The van der Waals surface area contributed by atoms with Crippen molar-refractivity contribution in [2.75, 3.05) is 12.4 Å². The first-order valence-electron chi connectivity index (χ1n) is 5.73. The third kappa shape index (κ3) is 4.92. The number of benzene rings is 1. The van der Waals surface area contributed by atoms with Crippen molar-refractivity contribution >= 4 is 11.6 Å². The number of carbonyl (C=O) groups excluding carboxylic acids is 1. The molecule has 1 rings (SSSR count). The molecule has 0 atom stereocenters. The number of rotatable bonds is 4. The van der Waals surface area contributed by atoms with Gasteiger partial charge in [-0.2, -0.15) is 26.3 Å². The molecule has 1 amide bonds. The fourth-order valence-electron chi connectivity index (χ4n) is 1.61. The van der Waals surface area contributed by atoms with E-state index >= 15 is 0 Å². The Morgan fingerprint density at radius 3 is 1.90 bits per heavy atom. The molecule has 0 aliphatic rings. The molecule has 0 saturated heterocycles. The van der Waals surface area contributed by atoms with Crippen molar-refractivity contribution in [2.24, 2.45) is 5.92 Å². The Balaban J connectivity index is 2.87. The van der Waals surface area contributed by atoms with E-state index in [1.165, 1.54) is 24.3 Å². The zero-order valence-electron chi connectivity index (χ0n) is 10.8. The van der Waals surface area contributed by atoms with E-state index in [9.17, 15) is 31.1 Å². The largest absolute Gasteiger partial charge is 0.409 e. The number of carbonyl (C=O) groups is 1. The van der Waals surface area contributed by atoms with E-state index in [1.54, 1.807) is 12.4 Å². The second kappa shape index (κ2) is 6.33. The minimum absolute atomic E-state index is 0.140. The molecule has 0 aromatic heterocycles. The van der Waals surface area contributed by atoms with Crippen molar-refractivity contribution < 1.29 is 31.1 Å². The summed E-state index contributed by atoms with van der Waals surface area (Å²) in [4.78, 5) is 11.3. The van der Waals surface area contributed by atoms with E-state index in [0.717, 1.165) is 5.56 Å². The van der Waals surface area contributed by atoms with Crippen molar-refractivity contribution in [1.82, 2.24) is 5.32 Å². The van der Waals surface area contributed by atoms with Crippen molar-refractivity contribution in [3.8, 4) is 0 Å². The standard InChI is InChI=1S/C12H12F6N2O/c1-19-6-7-2-4-8(5-3-7)20-10(21)9(11(13,14)15)12(16,17)18/h2-5,9,19H,6H2,1H3,(H,20,21). The molecule has 2 N–H and O–H groups in total. The average molecular weight is 314 g/mol. The first-order valence-corrected chi connectivity index (χ1v) is 5.73. The van der Waals surface area contributed by atoms with Crippen LogP contribution in [-0.4, -0.2) is 25.3 Å². The molecule has 0 aliphatic heterocycles. The summed E-state index contributed by atoms with van der Waals surface area (Å²) >= 11 is 0. The third-order valence-electron chi connectivity index (χ3n) is 2.52. The zero-order chi connectivity index (χ0) is 16.3. The zero-order valence-corrected chi connectivity index (χ0v) is 10.8. The van der Waals surface area contributed by atoms with Crippen LogP contribution < -0.4 is 10.6 Å². The normalized spacial score (nSPS) is 12.6. The minimum Gasteiger partial charge on any atom is -0.325 e. The lowest BCUT2D eigenvalue weighted by molar-refractivity contribution is -0.272.